The first-order valence-corrected chi connectivity index (χ1v) is 9.37. The summed E-state index contributed by atoms with van der Waals surface area (Å²) in [5, 5.41) is 11.6. The smallest absolute Gasteiger partial charge is 0.341 e. The number of carboxylic acids is 1. The van der Waals surface area contributed by atoms with Gasteiger partial charge in [-0.3, -0.25) is 4.79 Å². The zero-order valence-electron chi connectivity index (χ0n) is 15.3. The van der Waals surface area contributed by atoms with Gasteiger partial charge in [-0.05, 0) is 60.4 Å². The molecule has 2 aromatic rings. The molecule has 27 heavy (non-hydrogen) atoms. The molecule has 1 unspecified atom stereocenters. The van der Waals surface area contributed by atoms with Gasteiger partial charge in [0.25, 0.3) is 0 Å². The summed E-state index contributed by atoms with van der Waals surface area (Å²) in [4.78, 5) is 22.7. The van der Waals surface area contributed by atoms with Gasteiger partial charge in [-0.1, -0.05) is 36.4 Å². The molecule has 2 N–H and O–H groups in total. The third-order valence-corrected chi connectivity index (χ3v) is 4.94. The molecule has 3 rings (SSSR count). The fourth-order valence-electron chi connectivity index (χ4n) is 3.53. The molecule has 0 bridgehead atoms. The number of benzene rings is 2. The molecule has 0 spiro atoms. The quantitative estimate of drug-likeness (QED) is 0.752. The monoisotopic (exact) mass is 367 g/mol. The van der Waals surface area contributed by atoms with Crippen molar-refractivity contribution < 1.29 is 19.4 Å². The van der Waals surface area contributed by atoms with Crippen LogP contribution in [-0.4, -0.2) is 30.1 Å². The van der Waals surface area contributed by atoms with Gasteiger partial charge in [0.05, 0.1) is 0 Å². The number of ether oxygens (including phenoxy) is 1. The van der Waals surface area contributed by atoms with Gasteiger partial charge in [-0.25, -0.2) is 4.79 Å². The van der Waals surface area contributed by atoms with E-state index in [1.54, 1.807) is 12.1 Å². The highest BCUT2D eigenvalue weighted by atomic mass is 16.5. The molecular formula is C22H25NO4. The molecule has 1 atom stereocenters. The molecule has 0 fully saturated rings. The number of hydrogen-bond acceptors (Lipinski definition) is 3. The Labute approximate surface area is 159 Å². The van der Waals surface area contributed by atoms with Crippen LogP contribution in [0.5, 0.6) is 5.75 Å². The second kappa shape index (κ2) is 9.21. The highest BCUT2D eigenvalue weighted by Crippen LogP contribution is 2.27. The lowest BCUT2D eigenvalue weighted by molar-refractivity contribution is -0.139. The average Bonchev–Trinajstić information content (AvgIpc) is 2.67. The van der Waals surface area contributed by atoms with Crippen molar-refractivity contribution in [2.75, 3.05) is 13.2 Å². The van der Waals surface area contributed by atoms with Crippen LogP contribution in [-0.2, 0) is 28.9 Å². The molecule has 5 heteroatoms. The van der Waals surface area contributed by atoms with Crippen LogP contribution in [0.25, 0.3) is 0 Å². The van der Waals surface area contributed by atoms with Gasteiger partial charge in [0, 0.05) is 13.0 Å². The largest absolute Gasteiger partial charge is 0.482 e. The standard InChI is InChI=1S/C22H25NO4/c24-21(14-17-5-8-18-3-1-2-4-19(18)13-17)23-12-11-16-6-9-20(10-7-16)27-15-22(25)26/h1-4,6-7,9-10,17H,5,8,11-15H2,(H,23,24)(H,25,26). The molecule has 142 valence electrons. The Morgan fingerprint density at radius 3 is 2.56 bits per heavy atom. The minimum absolute atomic E-state index is 0.112. The summed E-state index contributed by atoms with van der Waals surface area (Å²) >= 11 is 0. The number of carbonyl (C=O) groups is 2. The highest BCUT2D eigenvalue weighted by Gasteiger charge is 2.20. The van der Waals surface area contributed by atoms with E-state index in [1.807, 2.05) is 12.1 Å². The number of hydrogen-bond donors (Lipinski definition) is 2. The minimum atomic E-state index is -0.997. The number of amides is 1. The van der Waals surface area contributed by atoms with E-state index in [1.165, 1.54) is 11.1 Å². The zero-order chi connectivity index (χ0) is 19.1. The number of aliphatic carboxylic acids is 1. The lowest BCUT2D eigenvalue weighted by atomic mass is 9.82. The Morgan fingerprint density at radius 2 is 1.81 bits per heavy atom. The third kappa shape index (κ3) is 5.84. The first-order valence-electron chi connectivity index (χ1n) is 9.37. The molecule has 0 heterocycles. The van der Waals surface area contributed by atoms with Gasteiger partial charge in [-0.15, -0.1) is 0 Å². The lowest BCUT2D eigenvalue weighted by Crippen LogP contribution is -2.29. The van der Waals surface area contributed by atoms with Gasteiger partial charge >= 0.3 is 5.97 Å². The fraction of sp³-hybridized carbons (Fsp3) is 0.364. The summed E-state index contributed by atoms with van der Waals surface area (Å²) in [6.07, 6.45) is 4.43. The van der Waals surface area contributed by atoms with Crippen molar-refractivity contribution in [1.82, 2.24) is 5.32 Å². The van der Waals surface area contributed by atoms with Crippen molar-refractivity contribution in [3.8, 4) is 5.75 Å². The third-order valence-electron chi connectivity index (χ3n) is 4.94. The number of carboxylic acid groups (broad SMARTS) is 1. The molecule has 1 aliphatic carbocycles. The fourth-order valence-corrected chi connectivity index (χ4v) is 3.53. The van der Waals surface area contributed by atoms with Crippen LogP contribution in [0.2, 0.25) is 0 Å². The highest BCUT2D eigenvalue weighted by molar-refractivity contribution is 5.76. The predicted molar refractivity (Wildman–Crippen MR) is 103 cm³/mol. The van der Waals surface area contributed by atoms with Gasteiger partial charge in [-0.2, -0.15) is 0 Å². The number of nitrogens with one attached hydrogen (secondary N) is 1. The molecule has 1 amide bonds. The Hall–Kier alpha value is -2.82. The number of aryl methyl sites for hydroxylation is 1. The summed E-state index contributed by atoms with van der Waals surface area (Å²) in [6, 6.07) is 15.8. The van der Waals surface area contributed by atoms with E-state index >= 15 is 0 Å². The Kier molecular flexibility index (Phi) is 6.47. The average molecular weight is 367 g/mol. The van der Waals surface area contributed by atoms with E-state index in [0.29, 0.717) is 24.6 Å². The van der Waals surface area contributed by atoms with Crippen LogP contribution in [0.3, 0.4) is 0 Å². The molecule has 2 aromatic carbocycles. The first-order chi connectivity index (χ1) is 13.1. The molecule has 0 saturated heterocycles. The van der Waals surface area contributed by atoms with Crippen molar-refractivity contribution >= 4 is 11.9 Å². The molecule has 0 saturated carbocycles. The zero-order valence-corrected chi connectivity index (χ0v) is 15.3. The number of carbonyl (C=O) groups excluding carboxylic acids is 1. The van der Waals surface area contributed by atoms with E-state index in [0.717, 1.165) is 31.2 Å². The van der Waals surface area contributed by atoms with Gasteiger partial charge in [0.2, 0.25) is 5.91 Å². The van der Waals surface area contributed by atoms with Gasteiger partial charge in [0.15, 0.2) is 6.61 Å². The predicted octanol–water partition coefficient (Wildman–Crippen LogP) is 3.00. The normalized spacial score (nSPS) is 15.6. The summed E-state index contributed by atoms with van der Waals surface area (Å²) in [5.41, 5.74) is 3.88. The molecule has 1 aliphatic rings. The van der Waals surface area contributed by atoms with E-state index in [-0.39, 0.29) is 12.5 Å². The Balaban J connectivity index is 1.38. The lowest BCUT2D eigenvalue weighted by Gasteiger charge is -2.24. The molecule has 5 nitrogen and oxygen atoms in total. The molecule has 0 radical (unpaired) electrons. The molecule has 0 aliphatic heterocycles. The SMILES string of the molecule is O=C(O)COc1ccc(CCNC(=O)CC2CCc3ccccc3C2)cc1. The summed E-state index contributed by atoms with van der Waals surface area (Å²) < 4.78 is 5.11. The van der Waals surface area contributed by atoms with Crippen LogP contribution in [0.15, 0.2) is 48.5 Å². The van der Waals surface area contributed by atoms with Gasteiger partial charge < -0.3 is 15.2 Å². The summed E-state index contributed by atoms with van der Waals surface area (Å²) in [6.45, 7) is 0.249. The van der Waals surface area contributed by atoms with Crippen molar-refractivity contribution in [1.29, 1.82) is 0 Å². The molecule has 0 aromatic heterocycles. The van der Waals surface area contributed by atoms with Crippen molar-refractivity contribution in [3.63, 3.8) is 0 Å². The number of fused-ring (bicyclic) bond motifs is 1. The summed E-state index contributed by atoms with van der Waals surface area (Å²) in [7, 11) is 0. The summed E-state index contributed by atoms with van der Waals surface area (Å²) in [5.74, 6) is 0.0670. The van der Waals surface area contributed by atoms with Crippen LogP contribution >= 0.6 is 0 Å². The Morgan fingerprint density at radius 1 is 1.07 bits per heavy atom. The van der Waals surface area contributed by atoms with E-state index in [9.17, 15) is 9.59 Å². The van der Waals surface area contributed by atoms with Crippen molar-refractivity contribution in [2.24, 2.45) is 5.92 Å². The second-order valence-corrected chi connectivity index (χ2v) is 7.01. The van der Waals surface area contributed by atoms with E-state index in [4.69, 9.17) is 9.84 Å². The second-order valence-electron chi connectivity index (χ2n) is 7.01. The maximum Gasteiger partial charge on any atom is 0.341 e. The van der Waals surface area contributed by atoms with E-state index < -0.39 is 5.97 Å². The maximum atomic E-state index is 12.2. The van der Waals surface area contributed by atoms with Crippen molar-refractivity contribution in [3.05, 3.63) is 65.2 Å². The van der Waals surface area contributed by atoms with E-state index in [2.05, 4.69) is 29.6 Å². The van der Waals surface area contributed by atoms with Crippen molar-refractivity contribution in [2.45, 2.75) is 32.1 Å². The van der Waals surface area contributed by atoms with Gasteiger partial charge in [0.1, 0.15) is 5.75 Å². The first kappa shape index (κ1) is 19.0. The van der Waals surface area contributed by atoms with Crippen LogP contribution in [0, 0.1) is 5.92 Å². The van der Waals surface area contributed by atoms with Crippen LogP contribution < -0.4 is 10.1 Å². The maximum absolute atomic E-state index is 12.2. The number of rotatable bonds is 8. The van der Waals surface area contributed by atoms with Crippen LogP contribution in [0.1, 0.15) is 29.5 Å². The minimum Gasteiger partial charge on any atom is -0.482 e. The van der Waals surface area contributed by atoms with Crippen LogP contribution in [0.4, 0.5) is 0 Å². The topological polar surface area (TPSA) is 75.6 Å². The Bertz CT molecular complexity index is 785. The molecular weight excluding hydrogens is 342 g/mol.